The van der Waals surface area contributed by atoms with Crippen molar-refractivity contribution in [3.05, 3.63) is 103 Å². The molecular formula is C34H32F3N3O7. The van der Waals surface area contributed by atoms with E-state index < -0.39 is 35.3 Å². The molecule has 1 aromatic heterocycles. The van der Waals surface area contributed by atoms with Crippen molar-refractivity contribution < 1.29 is 46.5 Å². The van der Waals surface area contributed by atoms with E-state index in [1.165, 1.54) is 42.7 Å². The van der Waals surface area contributed by atoms with E-state index in [1.807, 2.05) is 0 Å². The van der Waals surface area contributed by atoms with Crippen molar-refractivity contribution in [3.63, 3.8) is 0 Å². The van der Waals surface area contributed by atoms with Gasteiger partial charge in [-0.2, -0.15) is 13.2 Å². The molecule has 1 amide bonds. The Bertz CT molecular complexity index is 1600. The number of aromatic nitrogens is 2. The number of rotatable bonds is 16. The number of unbranched alkanes of at least 4 members (excludes halogenated alkanes) is 2. The van der Waals surface area contributed by atoms with Crippen LogP contribution in [0, 0.1) is 11.8 Å². The van der Waals surface area contributed by atoms with Crippen molar-refractivity contribution in [1.29, 1.82) is 0 Å². The molecule has 0 bridgehead atoms. The highest BCUT2D eigenvalue weighted by atomic mass is 19.4. The number of benzene rings is 2. The van der Waals surface area contributed by atoms with Gasteiger partial charge >= 0.3 is 18.1 Å². The summed E-state index contributed by atoms with van der Waals surface area (Å²) in [6.45, 7) is 7.78. The predicted octanol–water partition coefficient (Wildman–Crippen LogP) is 5.92. The van der Waals surface area contributed by atoms with Gasteiger partial charge in [-0.15, -0.1) is 0 Å². The van der Waals surface area contributed by atoms with E-state index in [0.29, 0.717) is 50.4 Å². The zero-order chi connectivity index (χ0) is 34.1. The van der Waals surface area contributed by atoms with Crippen LogP contribution in [0.4, 0.5) is 18.9 Å². The molecule has 3 aromatic rings. The van der Waals surface area contributed by atoms with Gasteiger partial charge in [0, 0.05) is 23.3 Å². The monoisotopic (exact) mass is 651 g/mol. The molecule has 0 unspecified atom stereocenters. The van der Waals surface area contributed by atoms with Crippen LogP contribution in [0.5, 0.6) is 11.5 Å². The van der Waals surface area contributed by atoms with E-state index in [0.717, 1.165) is 24.3 Å². The summed E-state index contributed by atoms with van der Waals surface area (Å²) >= 11 is 0. The Morgan fingerprint density at radius 1 is 0.766 bits per heavy atom. The fourth-order valence-electron chi connectivity index (χ4n) is 3.70. The molecule has 0 aliphatic heterocycles. The van der Waals surface area contributed by atoms with Crippen molar-refractivity contribution in [2.45, 2.75) is 31.9 Å². The molecular weight excluding hydrogens is 619 g/mol. The van der Waals surface area contributed by atoms with Crippen LogP contribution in [-0.4, -0.2) is 54.2 Å². The SMILES string of the molecule is C=CC(=O)OCCCCOc1ccc(C(=O)Nc2ccc(C#Cc3ncc(OCCCCOC(=O)C=C)cn3)cc2C(F)(F)F)cc1. The Labute approximate surface area is 269 Å². The molecule has 0 fully saturated rings. The number of halogens is 3. The number of hydrogen-bond acceptors (Lipinski definition) is 9. The fourth-order valence-corrected chi connectivity index (χ4v) is 3.70. The highest BCUT2D eigenvalue weighted by Gasteiger charge is 2.34. The first-order valence-corrected chi connectivity index (χ1v) is 14.4. The van der Waals surface area contributed by atoms with E-state index in [2.05, 4.69) is 40.3 Å². The molecule has 3 rings (SSSR count). The predicted molar refractivity (Wildman–Crippen MR) is 166 cm³/mol. The van der Waals surface area contributed by atoms with Crippen LogP contribution in [0.2, 0.25) is 0 Å². The second-order valence-electron chi connectivity index (χ2n) is 9.58. The third kappa shape index (κ3) is 12.7. The van der Waals surface area contributed by atoms with Crippen LogP contribution in [-0.2, 0) is 25.2 Å². The van der Waals surface area contributed by atoms with Gasteiger partial charge in [0.15, 0.2) is 5.75 Å². The molecule has 1 N–H and O–H groups in total. The van der Waals surface area contributed by atoms with E-state index in [1.54, 1.807) is 0 Å². The Morgan fingerprint density at radius 3 is 1.87 bits per heavy atom. The number of esters is 2. The van der Waals surface area contributed by atoms with Gasteiger partial charge in [0.25, 0.3) is 5.91 Å². The molecule has 1 heterocycles. The fraction of sp³-hybridized carbons (Fsp3) is 0.265. The van der Waals surface area contributed by atoms with Gasteiger partial charge in [0.05, 0.1) is 50.1 Å². The maximum atomic E-state index is 13.9. The molecule has 0 aliphatic carbocycles. The minimum atomic E-state index is -4.77. The van der Waals surface area contributed by atoms with Crippen LogP contribution < -0.4 is 14.8 Å². The summed E-state index contributed by atoms with van der Waals surface area (Å²) in [5, 5.41) is 2.31. The normalized spacial score (nSPS) is 10.5. The third-order valence-corrected chi connectivity index (χ3v) is 6.07. The number of ether oxygens (including phenoxy) is 4. The van der Waals surface area contributed by atoms with Crippen LogP contribution in [0.1, 0.15) is 53.0 Å². The van der Waals surface area contributed by atoms with Gasteiger partial charge in [-0.25, -0.2) is 19.6 Å². The summed E-state index contributed by atoms with van der Waals surface area (Å²) in [4.78, 5) is 42.8. The van der Waals surface area contributed by atoms with Crippen LogP contribution in [0.3, 0.4) is 0 Å². The van der Waals surface area contributed by atoms with Crippen LogP contribution in [0.15, 0.2) is 80.2 Å². The van der Waals surface area contributed by atoms with Crippen molar-refractivity contribution in [2.24, 2.45) is 0 Å². The maximum absolute atomic E-state index is 13.9. The molecule has 246 valence electrons. The average Bonchev–Trinajstić information content (AvgIpc) is 3.07. The lowest BCUT2D eigenvalue weighted by atomic mass is 10.1. The largest absolute Gasteiger partial charge is 0.494 e. The van der Waals surface area contributed by atoms with E-state index in [9.17, 15) is 27.6 Å². The Morgan fingerprint density at radius 2 is 1.32 bits per heavy atom. The van der Waals surface area contributed by atoms with Crippen molar-refractivity contribution >= 4 is 23.5 Å². The number of carbonyl (C=O) groups is 3. The summed E-state index contributed by atoms with van der Waals surface area (Å²) in [7, 11) is 0. The number of anilines is 1. The van der Waals surface area contributed by atoms with Gasteiger partial charge < -0.3 is 24.3 Å². The summed E-state index contributed by atoms with van der Waals surface area (Å²) < 4.78 is 62.6. The molecule has 0 radical (unpaired) electrons. The van der Waals surface area contributed by atoms with Gasteiger partial charge in [-0.1, -0.05) is 19.1 Å². The molecule has 13 heteroatoms. The minimum Gasteiger partial charge on any atom is -0.494 e. The number of nitrogens with zero attached hydrogens (tertiary/aromatic N) is 2. The maximum Gasteiger partial charge on any atom is 0.418 e. The molecule has 2 aromatic carbocycles. The second-order valence-corrected chi connectivity index (χ2v) is 9.58. The first kappa shape index (κ1) is 35.8. The average molecular weight is 652 g/mol. The minimum absolute atomic E-state index is 0.0387. The summed E-state index contributed by atoms with van der Waals surface area (Å²) in [6, 6.07) is 9.24. The molecule has 0 aliphatic rings. The molecule has 47 heavy (non-hydrogen) atoms. The lowest BCUT2D eigenvalue weighted by Crippen LogP contribution is -2.17. The molecule has 0 saturated carbocycles. The zero-order valence-corrected chi connectivity index (χ0v) is 25.3. The number of alkyl halides is 3. The Kier molecular flexibility index (Phi) is 14.0. The summed E-state index contributed by atoms with van der Waals surface area (Å²) in [5.74, 6) is 4.41. The van der Waals surface area contributed by atoms with E-state index in [4.69, 9.17) is 18.9 Å². The Hall–Kier alpha value is -5.64. The highest BCUT2D eigenvalue weighted by Crippen LogP contribution is 2.35. The van der Waals surface area contributed by atoms with E-state index >= 15 is 0 Å². The standard InChI is InChI=1S/C34H32F3N3O7/c1-3-31(41)46-19-7-5-17-44-26-13-11-25(12-14-26)33(43)40-29-15-9-24(21-28(29)34(35,36)37)10-16-30-38-22-27(23-39-30)45-18-6-8-20-47-32(42)4-2/h3-4,9,11-15,21-23H,1-2,5-8,17-20H2,(H,40,43). The van der Waals surface area contributed by atoms with Gasteiger partial charge in [0.1, 0.15) is 5.75 Å². The van der Waals surface area contributed by atoms with Crippen molar-refractivity contribution in [2.75, 3.05) is 31.7 Å². The molecule has 0 saturated heterocycles. The first-order chi connectivity index (χ1) is 22.6. The zero-order valence-electron chi connectivity index (χ0n) is 25.3. The first-order valence-electron chi connectivity index (χ1n) is 14.4. The Balaban J connectivity index is 1.54. The number of amides is 1. The number of hydrogen-bond donors (Lipinski definition) is 1. The van der Waals surface area contributed by atoms with E-state index in [-0.39, 0.29) is 30.2 Å². The van der Waals surface area contributed by atoms with Gasteiger partial charge in [-0.05, 0) is 74.1 Å². The van der Waals surface area contributed by atoms with Crippen LogP contribution >= 0.6 is 0 Å². The van der Waals surface area contributed by atoms with Crippen LogP contribution in [0.25, 0.3) is 0 Å². The summed E-state index contributed by atoms with van der Waals surface area (Å²) in [6.07, 6.45) is 2.58. The smallest absolute Gasteiger partial charge is 0.418 e. The molecule has 0 spiro atoms. The topological polar surface area (TPSA) is 126 Å². The van der Waals surface area contributed by atoms with Crippen molar-refractivity contribution in [1.82, 2.24) is 9.97 Å². The number of nitrogens with one attached hydrogen (secondary N) is 1. The third-order valence-electron chi connectivity index (χ3n) is 6.07. The highest BCUT2D eigenvalue weighted by molar-refractivity contribution is 6.04. The lowest BCUT2D eigenvalue weighted by Gasteiger charge is -2.14. The van der Waals surface area contributed by atoms with Crippen molar-refractivity contribution in [3.8, 4) is 23.3 Å². The lowest BCUT2D eigenvalue weighted by molar-refractivity contribution is -0.138. The molecule has 10 nitrogen and oxygen atoms in total. The quantitative estimate of drug-likeness (QED) is 0.0869. The van der Waals surface area contributed by atoms with Gasteiger partial charge in [0.2, 0.25) is 5.82 Å². The molecule has 0 atom stereocenters. The number of carbonyl (C=O) groups excluding carboxylic acids is 3. The second kappa shape index (κ2) is 18.4. The summed E-state index contributed by atoms with van der Waals surface area (Å²) in [5.41, 5.74) is -1.33. The van der Waals surface area contributed by atoms with Gasteiger partial charge in [-0.3, -0.25) is 4.79 Å².